The summed E-state index contributed by atoms with van der Waals surface area (Å²) in [5, 5.41) is 8.51. The third-order valence-electron chi connectivity index (χ3n) is 7.84. The molecule has 224 valence electrons. The molecule has 11 heteroatoms. The van der Waals surface area contributed by atoms with Crippen LogP contribution in [0.5, 0.6) is 0 Å². The number of ketones is 1. The number of guanidine groups is 1. The number of nitrogens with zero attached hydrogens (tertiary/aromatic N) is 3. The standard InChI is InChI=1S/C32H37N7O3S/c1-35-25(19-20-9-3-2-4-10-20)31(42)39-18-8-14-26(39)29(41)37-23(13-7-17-36-32(33)34)27(40)30-38-24-16-15-21-11-5-6-12-22(21)28(24)43-30/h2-6,9-12,15-16,23,25-26,35H,7-8,13-14,17-19H2,1H3,(H,37,41)(H4,33,34,36)/t23-,25+,26-/m0/s1. The maximum absolute atomic E-state index is 13.9. The van der Waals surface area contributed by atoms with Crippen LogP contribution in [0.2, 0.25) is 0 Å². The van der Waals surface area contributed by atoms with Gasteiger partial charge in [-0.2, -0.15) is 0 Å². The highest BCUT2D eigenvalue weighted by molar-refractivity contribution is 7.21. The van der Waals surface area contributed by atoms with E-state index in [0.29, 0.717) is 50.2 Å². The van der Waals surface area contributed by atoms with Crippen molar-refractivity contribution in [2.24, 2.45) is 16.5 Å². The fourth-order valence-corrected chi connectivity index (χ4v) is 6.71. The lowest BCUT2D eigenvalue weighted by Gasteiger charge is -2.29. The molecule has 0 aliphatic carbocycles. The summed E-state index contributed by atoms with van der Waals surface area (Å²) in [5.41, 5.74) is 12.7. The minimum atomic E-state index is -0.838. The summed E-state index contributed by atoms with van der Waals surface area (Å²) in [5.74, 6) is -0.763. The number of nitrogens with two attached hydrogens (primary N) is 2. The Morgan fingerprint density at radius 3 is 2.58 bits per heavy atom. The molecule has 1 aliphatic heterocycles. The van der Waals surface area contributed by atoms with Crippen LogP contribution in [0.15, 0.2) is 71.7 Å². The number of hydrogen-bond donors (Lipinski definition) is 4. The van der Waals surface area contributed by atoms with Crippen molar-refractivity contribution in [1.82, 2.24) is 20.5 Å². The molecule has 0 spiro atoms. The minimum absolute atomic E-state index is 0.0281. The van der Waals surface area contributed by atoms with Gasteiger partial charge >= 0.3 is 0 Å². The Kier molecular flexibility index (Phi) is 9.63. The maximum Gasteiger partial charge on any atom is 0.243 e. The van der Waals surface area contributed by atoms with E-state index in [-0.39, 0.29) is 23.6 Å². The van der Waals surface area contributed by atoms with Crippen molar-refractivity contribution in [2.45, 2.75) is 50.2 Å². The third-order valence-corrected chi connectivity index (χ3v) is 8.96. The highest BCUT2D eigenvalue weighted by atomic mass is 32.1. The molecular weight excluding hydrogens is 562 g/mol. The lowest BCUT2D eigenvalue weighted by molar-refractivity contribution is -0.140. The predicted molar refractivity (Wildman–Crippen MR) is 171 cm³/mol. The molecule has 4 aromatic rings. The van der Waals surface area contributed by atoms with Crippen molar-refractivity contribution in [3.63, 3.8) is 0 Å². The van der Waals surface area contributed by atoms with Crippen LogP contribution in [-0.4, -0.2) is 71.7 Å². The van der Waals surface area contributed by atoms with Crippen LogP contribution in [0.25, 0.3) is 21.0 Å². The molecule has 2 heterocycles. The molecule has 1 aliphatic rings. The fraction of sp³-hybridized carbons (Fsp3) is 0.344. The van der Waals surface area contributed by atoms with Crippen molar-refractivity contribution in [1.29, 1.82) is 0 Å². The number of amides is 2. The molecule has 0 radical (unpaired) electrons. The van der Waals surface area contributed by atoms with Gasteiger partial charge in [-0.1, -0.05) is 60.7 Å². The van der Waals surface area contributed by atoms with E-state index in [2.05, 4.69) is 20.6 Å². The maximum atomic E-state index is 13.9. The number of fused-ring (bicyclic) bond motifs is 3. The van der Waals surface area contributed by atoms with Crippen LogP contribution < -0.4 is 22.1 Å². The third kappa shape index (κ3) is 7.00. The molecule has 1 aromatic heterocycles. The number of thiazole rings is 1. The van der Waals surface area contributed by atoms with E-state index in [0.717, 1.165) is 26.6 Å². The molecule has 0 bridgehead atoms. The monoisotopic (exact) mass is 599 g/mol. The van der Waals surface area contributed by atoms with E-state index in [1.807, 2.05) is 66.7 Å². The summed E-state index contributed by atoms with van der Waals surface area (Å²) in [6.07, 6.45) is 2.56. The zero-order chi connectivity index (χ0) is 30.3. The molecule has 3 atom stereocenters. The molecule has 10 nitrogen and oxygen atoms in total. The van der Waals surface area contributed by atoms with Crippen LogP contribution in [0.3, 0.4) is 0 Å². The van der Waals surface area contributed by atoms with E-state index in [1.165, 1.54) is 11.3 Å². The Balaban J connectivity index is 1.35. The second kappa shape index (κ2) is 13.7. The molecule has 6 N–H and O–H groups in total. The highest BCUT2D eigenvalue weighted by Crippen LogP contribution is 2.31. The smallest absolute Gasteiger partial charge is 0.243 e. The zero-order valence-electron chi connectivity index (χ0n) is 24.2. The van der Waals surface area contributed by atoms with Crippen LogP contribution in [0.4, 0.5) is 0 Å². The first-order chi connectivity index (χ1) is 20.9. The quantitative estimate of drug-likeness (QED) is 0.0844. The largest absolute Gasteiger partial charge is 0.370 e. The van der Waals surface area contributed by atoms with Gasteiger partial charge in [0.1, 0.15) is 6.04 Å². The van der Waals surface area contributed by atoms with Gasteiger partial charge in [-0.05, 0) is 56.2 Å². The number of benzene rings is 3. The van der Waals surface area contributed by atoms with E-state index in [4.69, 9.17) is 11.5 Å². The first kappa shape index (κ1) is 30.1. The van der Waals surface area contributed by atoms with Gasteiger partial charge in [0.2, 0.25) is 17.6 Å². The Morgan fingerprint density at radius 2 is 1.81 bits per heavy atom. The molecule has 1 fully saturated rings. The molecule has 2 amide bonds. The van der Waals surface area contributed by atoms with Gasteiger partial charge in [-0.15, -0.1) is 11.3 Å². The predicted octanol–water partition coefficient (Wildman–Crippen LogP) is 2.99. The molecule has 5 rings (SSSR count). The van der Waals surface area contributed by atoms with Crippen LogP contribution in [-0.2, 0) is 16.0 Å². The van der Waals surface area contributed by atoms with Gasteiger partial charge < -0.3 is 27.0 Å². The SMILES string of the molecule is CN[C@H](Cc1ccccc1)C(=O)N1CCC[C@H]1C(=O)N[C@@H](CCCN=C(N)N)C(=O)c1nc2ccc3ccccc3c2s1. The molecule has 43 heavy (non-hydrogen) atoms. The number of likely N-dealkylation sites (tertiary alicyclic amines) is 1. The number of carbonyl (C=O) groups excluding carboxylic acids is 3. The number of carbonyl (C=O) groups is 3. The molecule has 0 saturated carbocycles. The van der Waals surface area contributed by atoms with Crippen LogP contribution >= 0.6 is 11.3 Å². The van der Waals surface area contributed by atoms with Crippen LogP contribution in [0.1, 0.15) is 41.0 Å². The summed E-state index contributed by atoms with van der Waals surface area (Å²) in [4.78, 5) is 51.5. The summed E-state index contributed by atoms with van der Waals surface area (Å²) in [6.45, 7) is 0.807. The summed E-state index contributed by atoms with van der Waals surface area (Å²) < 4.78 is 0.927. The minimum Gasteiger partial charge on any atom is -0.370 e. The summed E-state index contributed by atoms with van der Waals surface area (Å²) in [6, 6.07) is 19.7. The molecule has 1 saturated heterocycles. The lowest BCUT2D eigenvalue weighted by atomic mass is 10.0. The Morgan fingerprint density at radius 1 is 1.05 bits per heavy atom. The zero-order valence-corrected chi connectivity index (χ0v) is 25.0. The van der Waals surface area contributed by atoms with Gasteiger partial charge in [0.25, 0.3) is 0 Å². The lowest BCUT2D eigenvalue weighted by Crippen LogP contribution is -2.54. The van der Waals surface area contributed by atoms with Crippen molar-refractivity contribution in [2.75, 3.05) is 20.1 Å². The summed E-state index contributed by atoms with van der Waals surface area (Å²) in [7, 11) is 1.75. The Hall–Kier alpha value is -4.35. The second-order valence-corrected chi connectivity index (χ2v) is 11.7. The van der Waals surface area contributed by atoms with Gasteiger partial charge in [-0.3, -0.25) is 19.4 Å². The average molecular weight is 600 g/mol. The number of hydrogen-bond acceptors (Lipinski definition) is 7. The second-order valence-electron chi connectivity index (χ2n) is 10.7. The van der Waals surface area contributed by atoms with E-state index in [9.17, 15) is 14.4 Å². The van der Waals surface area contributed by atoms with Crippen molar-refractivity contribution < 1.29 is 14.4 Å². The Labute approximate surface area is 254 Å². The van der Waals surface area contributed by atoms with Crippen molar-refractivity contribution in [3.8, 4) is 0 Å². The topological polar surface area (TPSA) is 156 Å². The number of aliphatic imine (C=N–C) groups is 1. The number of likely N-dealkylation sites (N-methyl/N-ethyl adjacent to an activating group) is 1. The highest BCUT2D eigenvalue weighted by Gasteiger charge is 2.38. The summed E-state index contributed by atoms with van der Waals surface area (Å²) >= 11 is 1.33. The molecular formula is C32H37N7O3S. The van der Waals surface area contributed by atoms with Crippen molar-refractivity contribution in [3.05, 3.63) is 77.3 Å². The number of rotatable bonds is 12. The first-order valence-corrected chi connectivity index (χ1v) is 15.4. The van der Waals surface area contributed by atoms with Crippen molar-refractivity contribution >= 4 is 55.9 Å². The number of aromatic nitrogens is 1. The average Bonchev–Trinajstić information content (AvgIpc) is 3.69. The number of Topliss-reactive ketones (excluding diaryl/α,β-unsaturated/α-hetero) is 1. The normalized spacial score (nSPS) is 16.2. The fourth-order valence-electron chi connectivity index (χ4n) is 5.62. The Bertz CT molecular complexity index is 1630. The van der Waals surface area contributed by atoms with Gasteiger partial charge in [0.15, 0.2) is 11.0 Å². The number of nitrogens with one attached hydrogen (secondary N) is 2. The molecule has 0 unspecified atom stereocenters. The van der Waals surface area contributed by atoms with Gasteiger partial charge in [0.05, 0.1) is 22.3 Å². The molecule has 3 aromatic carbocycles. The van der Waals surface area contributed by atoms with E-state index < -0.39 is 18.1 Å². The van der Waals surface area contributed by atoms with Crippen LogP contribution in [0, 0.1) is 0 Å². The van der Waals surface area contributed by atoms with Gasteiger partial charge in [-0.25, -0.2) is 4.98 Å². The van der Waals surface area contributed by atoms with E-state index in [1.54, 1.807) is 11.9 Å². The van der Waals surface area contributed by atoms with E-state index >= 15 is 0 Å². The van der Waals surface area contributed by atoms with Gasteiger partial charge in [0, 0.05) is 18.5 Å². The first-order valence-electron chi connectivity index (χ1n) is 14.6.